The van der Waals surface area contributed by atoms with Crippen LogP contribution >= 0.6 is 0 Å². The van der Waals surface area contributed by atoms with Gasteiger partial charge in [0.25, 0.3) is 0 Å². The third-order valence-corrected chi connectivity index (χ3v) is 3.27. The van der Waals surface area contributed by atoms with Crippen molar-refractivity contribution in [3.8, 4) is 6.07 Å². The monoisotopic (exact) mass is 230 g/mol. The molecule has 1 saturated heterocycles. The number of hydrogen-bond acceptors (Lipinski definition) is 3. The molecular formula is C14H18N2O. The van der Waals surface area contributed by atoms with Gasteiger partial charge in [0, 0.05) is 19.2 Å². The van der Waals surface area contributed by atoms with Gasteiger partial charge in [-0.15, -0.1) is 0 Å². The van der Waals surface area contributed by atoms with E-state index in [1.807, 2.05) is 18.2 Å². The first kappa shape index (κ1) is 12.1. The molecule has 1 N–H and O–H groups in total. The molecule has 0 aliphatic carbocycles. The van der Waals surface area contributed by atoms with Crippen LogP contribution in [0.4, 0.5) is 0 Å². The predicted molar refractivity (Wildman–Crippen MR) is 66.4 cm³/mol. The number of benzene rings is 1. The standard InChI is InChI=1S/C14H18N2O/c1-11-10-17-6-5-14(11)16-9-13-4-2-3-12(7-13)8-15/h2-4,7,11,14,16H,5-6,9-10H2,1H3. The van der Waals surface area contributed by atoms with Gasteiger partial charge in [0.05, 0.1) is 18.2 Å². The van der Waals surface area contributed by atoms with Crippen molar-refractivity contribution in [3.63, 3.8) is 0 Å². The smallest absolute Gasteiger partial charge is 0.0991 e. The lowest BCUT2D eigenvalue weighted by atomic mass is 9.97. The molecule has 0 amide bonds. The molecule has 0 bridgehead atoms. The number of ether oxygens (including phenoxy) is 1. The Bertz CT molecular complexity index is 411. The highest BCUT2D eigenvalue weighted by molar-refractivity contribution is 5.32. The minimum atomic E-state index is 0.523. The van der Waals surface area contributed by atoms with Crippen LogP contribution in [0.2, 0.25) is 0 Å². The lowest BCUT2D eigenvalue weighted by Crippen LogP contribution is -2.40. The molecule has 2 unspecified atom stereocenters. The molecule has 0 radical (unpaired) electrons. The van der Waals surface area contributed by atoms with E-state index in [2.05, 4.69) is 24.4 Å². The molecule has 2 atom stereocenters. The van der Waals surface area contributed by atoms with Gasteiger partial charge in [0.15, 0.2) is 0 Å². The van der Waals surface area contributed by atoms with Gasteiger partial charge in [0.1, 0.15) is 0 Å². The number of hydrogen-bond donors (Lipinski definition) is 1. The van der Waals surface area contributed by atoms with Crippen molar-refractivity contribution in [2.75, 3.05) is 13.2 Å². The Morgan fingerprint density at radius 3 is 3.18 bits per heavy atom. The van der Waals surface area contributed by atoms with Gasteiger partial charge < -0.3 is 10.1 Å². The molecule has 0 aromatic heterocycles. The van der Waals surface area contributed by atoms with Crippen LogP contribution in [0.15, 0.2) is 24.3 Å². The third-order valence-electron chi connectivity index (χ3n) is 3.27. The summed E-state index contributed by atoms with van der Waals surface area (Å²) in [7, 11) is 0. The number of nitrogens with one attached hydrogen (secondary N) is 1. The summed E-state index contributed by atoms with van der Waals surface area (Å²) < 4.78 is 5.42. The van der Waals surface area contributed by atoms with E-state index in [-0.39, 0.29) is 0 Å². The Morgan fingerprint density at radius 1 is 1.53 bits per heavy atom. The van der Waals surface area contributed by atoms with Crippen LogP contribution in [0.25, 0.3) is 0 Å². The summed E-state index contributed by atoms with van der Waals surface area (Å²) in [4.78, 5) is 0. The van der Waals surface area contributed by atoms with Crippen LogP contribution in [-0.4, -0.2) is 19.3 Å². The zero-order valence-corrected chi connectivity index (χ0v) is 10.1. The average molecular weight is 230 g/mol. The van der Waals surface area contributed by atoms with Crippen LogP contribution in [0.3, 0.4) is 0 Å². The summed E-state index contributed by atoms with van der Waals surface area (Å²) in [6, 6.07) is 10.5. The van der Waals surface area contributed by atoms with Crippen molar-refractivity contribution in [1.29, 1.82) is 5.26 Å². The van der Waals surface area contributed by atoms with Gasteiger partial charge in [0.2, 0.25) is 0 Å². The molecule has 1 aliphatic rings. The second-order valence-corrected chi connectivity index (χ2v) is 4.64. The highest BCUT2D eigenvalue weighted by atomic mass is 16.5. The minimum absolute atomic E-state index is 0.523. The van der Waals surface area contributed by atoms with E-state index in [1.165, 1.54) is 5.56 Å². The summed E-state index contributed by atoms with van der Waals surface area (Å²) in [5, 5.41) is 12.4. The van der Waals surface area contributed by atoms with Gasteiger partial charge in [-0.3, -0.25) is 0 Å². The summed E-state index contributed by atoms with van der Waals surface area (Å²) in [5.41, 5.74) is 1.90. The maximum Gasteiger partial charge on any atom is 0.0991 e. The number of rotatable bonds is 3. The molecular weight excluding hydrogens is 212 g/mol. The second kappa shape index (κ2) is 5.81. The molecule has 90 valence electrons. The van der Waals surface area contributed by atoms with Gasteiger partial charge in [-0.2, -0.15) is 5.26 Å². The van der Waals surface area contributed by atoms with Crippen LogP contribution in [-0.2, 0) is 11.3 Å². The molecule has 0 saturated carbocycles. The van der Waals surface area contributed by atoms with Crippen molar-refractivity contribution in [1.82, 2.24) is 5.32 Å². The Morgan fingerprint density at radius 2 is 2.41 bits per heavy atom. The molecule has 1 fully saturated rings. The van der Waals surface area contributed by atoms with Crippen LogP contribution in [0.5, 0.6) is 0 Å². The molecule has 1 aliphatic heterocycles. The van der Waals surface area contributed by atoms with E-state index in [9.17, 15) is 0 Å². The van der Waals surface area contributed by atoms with E-state index in [0.717, 1.165) is 31.7 Å². The van der Waals surface area contributed by atoms with Gasteiger partial charge in [-0.05, 0) is 30.0 Å². The van der Waals surface area contributed by atoms with Gasteiger partial charge in [-0.1, -0.05) is 19.1 Å². The third kappa shape index (κ3) is 3.29. The van der Waals surface area contributed by atoms with Crippen molar-refractivity contribution in [2.24, 2.45) is 5.92 Å². The van der Waals surface area contributed by atoms with Crippen molar-refractivity contribution in [2.45, 2.75) is 25.9 Å². The Kier molecular flexibility index (Phi) is 4.13. The molecule has 1 heterocycles. The molecule has 1 aromatic rings. The Hall–Kier alpha value is -1.37. The first-order chi connectivity index (χ1) is 8.29. The van der Waals surface area contributed by atoms with Crippen molar-refractivity contribution in [3.05, 3.63) is 35.4 Å². The molecule has 3 nitrogen and oxygen atoms in total. The predicted octanol–water partition coefficient (Wildman–Crippen LogP) is 2.07. The van der Waals surface area contributed by atoms with Gasteiger partial charge >= 0.3 is 0 Å². The lowest BCUT2D eigenvalue weighted by Gasteiger charge is -2.29. The van der Waals surface area contributed by atoms with Gasteiger partial charge in [-0.25, -0.2) is 0 Å². The molecule has 17 heavy (non-hydrogen) atoms. The fraction of sp³-hybridized carbons (Fsp3) is 0.500. The molecule has 2 rings (SSSR count). The van der Waals surface area contributed by atoms with E-state index in [4.69, 9.17) is 10.00 Å². The lowest BCUT2D eigenvalue weighted by molar-refractivity contribution is 0.0386. The zero-order valence-electron chi connectivity index (χ0n) is 10.1. The highest BCUT2D eigenvalue weighted by Gasteiger charge is 2.20. The second-order valence-electron chi connectivity index (χ2n) is 4.64. The van der Waals surface area contributed by atoms with Crippen LogP contribution < -0.4 is 5.32 Å². The van der Waals surface area contributed by atoms with E-state index in [1.54, 1.807) is 0 Å². The summed E-state index contributed by atoms with van der Waals surface area (Å²) in [5.74, 6) is 0.558. The molecule has 3 heteroatoms. The maximum absolute atomic E-state index is 8.83. The number of nitrogens with zero attached hydrogens (tertiary/aromatic N) is 1. The topological polar surface area (TPSA) is 45.0 Å². The largest absolute Gasteiger partial charge is 0.381 e. The Labute approximate surface area is 102 Å². The maximum atomic E-state index is 8.83. The first-order valence-electron chi connectivity index (χ1n) is 6.10. The van der Waals surface area contributed by atoms with E-state index >= 15 is 0 Å². The highest BCUT2D eigenvalue weighted by Crippen LogP contribution is 2.14. The van der Waals surface area contributed by atoms with Crippen LogP contribution in [0.1, 0.15) is 24.5 Å². The van der Waals surface area contributed by atoms with Crippen molar-refractivity contribution < 1.29 is 4.74 Å². The molecule has 0 spiro atoms. The first-order valence-corrected chi connectivity index (χ1v) is 6.10. The zero-order chi connectivity index (χ0) is 12.1. The van der Waals surface area contributed by atoms with E-state index < -0.39 is 0 Å². The van der Waals surface area contributed by atoms with E-state index in [0.29, 0.717) is 12.0 Å². The SMILES string of the molecule is CC1COCCC1NCc1cccc(C#N)c1. The van der Waals surface area contributed by atoms with Crippen molar-refractivity contribution >= 4 is 0 Å². The minimum Gasteiger partial charge on any atom is -0.381 e. The fourth-order valence-corrected chi connectivity index (χ4v) is 2.18. The summed E-state index contributed by atoms with van der Waals surface area (Å²) in [6.07, 6.45) is 1.07. The fourth-order valence-electron chi connectivity index (χ4n) is 2.18. The molecule has 1 aromatic carbocycles. The summed E-state index contributed by atoms with van der Waals surface area (Å²) >= 11 is 0. The average Bonchev–Trinajstić information content (AvgIpc) is 2.38. The normalized spacial score (nSPS) is 24.2. The number of nitriles is 1. The Balaban J connectivity index is 1.90. The summed E-state index contributed by atoms with van der Waals surface area (Å²) in [6.45, 7) is 4.73. The van der Waals surface area contributed by atoms with Crippen LogP contribution in [0, 0.1) is 17.2 Å². The quantitative estimate of drug-likeness (QED) is 0.864.